The van der Waals surface area contributed by atoms with Gasteiger partial charge < -0.3 is 15.2 Å². The number of nitrogens with one attached hydrogen (secondary N) is 3. The summed E-state index contributed by atoms with van der Waals surface area (Å²) in [4.78, 5) is 28.9. The fraction of sp³-hybridized carbons (Fsp3) is 0.190. The van der Waals surface area contributed by atoms with E-state index in [9.17, 15) is 14.7 Å². The van der Waals surface area contributed by atoms with Crippen LogP contribution in [-0.4, -0.2) is 36.3 Å². The highest BCUT2D eigenvalue weighted by molar-refractivity contribution is 6.30. The van der Waals surface area contributed by atoms with Crippen LogP contribution in [0.5, 0.6) is 5.75 Å². The first-order valence-electron chi connectivity index (χ1n) is 9.19. The Labute approximate surface area is 178 Å². The van der Waals surface area contributed by atoms with Crippen molar-refractivity contribution in [2.45, 2.75) is 12.8 Å². The van der Waals surface area contributed by atoms with Gasteiger partial charge in [-0.2, -0.15) is 0 Å². The summed E-state index contributed by atoms with van der Waals surface area (Å²) in [6, 6.07) is 13.8. The van der Waals surface area contributed by atoms with Crippen LogP contribution in [0.1, 0.15) is 12.8 Å². The molecule has 9 heteroatoms. The van der Waals surface area contributed by atoms with E-state index in [1.807, 2.05) is 0 Å². The predicted molar refractivity (Wildman–Crippen MR) is 115 cm³/mol. The lowest BCUT2D eigenvalue weighted by Gasteiger charge is -2.10. The van der Waals surface area contributed by atoms with E-state index >= 15 is 0 Å². The van der Waals surface area contributed by atoms with E-state index in [1.165, 1.54) is 0 Å². The number of aliphatic hydroxyl groups excluding tert-OH is 1. The first-order chi connectivity index (χ1) is 14.5. The fourth-order valence-corrected chi connectivity index (χ4v) is 2.94. The van der Waals surface area contributed by atoms with Gasteiger partial charge in [0.2, 0.25) is 5.91 Å². The van der Waals surface area contributed by atoms with Gasteiger partial charge in [0, 0.05) is 17.5 Å². The second kappa shape index (κ2) is 9.80. The van der Waals surface area contributed by atoms with Gasteiger partial charge in [-0.1, -0.05) is 17.7 Å². The summed E-state index contributed by atoms with van der Waals surface area (Å²) in [5.74, 6) is -0.216. The highest BCUT2D eigenvalue weighted by atomic mass is 35.5. The maximum absolute atomic E-state index is 12.3. The molecule has 2 amide bonds. The van der Waals surface area contributed by atoms with Gasteiger partial charge in [-0.3, -0.25) is 25.4 Å². The molecular weight excluding hydrogens is 408 g/mol. The van der Waals surface area contributed by atoms with E-state index in [0.29, 0.717) is 27.9 Å². The molecule has 1 aliphatic rings. The van der Waals surface area contributed by atoms with Crippen LogP contribution < -0.4 is 20.9 Å². The maximum Gasteiger partial charge on any atom is 0.257 e. The first-order valence-corrected chi connectivity index (χ1v) is 9.57. The molecule has 0 saturated carbocycles. The monoisotopic (exact) mass is 428 g/mol. The Hall–Kier alpha value is -3.52. The second-order valence-corrected chi connectivity index (χ2v) is 6.88. The molecule has 1 heterocycles. The summed E-state index contributed by atoms with van der Waals surface area (Å²) in [7, 11) is 1.54. The lowest BCUT2D eigenvalue weighted by Crippen LogP contribution is -2.30. The molecule has 2 aromatic rings. The van der Waals surface area contributed by atoms with Crippen molar-refractivity contribution in [1.82, 2.24) is 10.7 Å². The molecule has 1 aliphatic heterocycles. The highest BCUT2D eigenvalue weighted by Crippen LogP contribution is 2.23. The first kappa shape index (κ1) is 21.2. The Morgan fingerprint density at radius 1 is 1.23 bits per heavy atom. The topological polar surface area (TPSA) is 112 Å². The number of carbonyl (C=O) groups excluding carboxylic acids is 2. The number of hydrazine groups is 1. The van der Waals surface area contributed by atoms with Crippen LogP contribution in [0, 0.1) is 0 Å². The van der Waals surface area contributed by atoms with Crippen LogP contribution in [0.25, 0.3) is 0 Å². The summed E-state index contributed by atoms with van der Waals surface area (Å²) in [5.41, 5.74) is 7.01. The maximum atomic E-state index is 12.3. The van der Waals surface area contributed by atoms with Crippen molar-refractivity contribution < 1.29 is 19.4 Å². The lowest BCUT2D eigenvalue weighted by atomic mass is 10.0. The SMILES string of the molecule is COc1cccc(N=C(CCC(=O)NNc2ccc(Cl)cc2)C2=C(O)CNC2=O)c1. The third kappa shape index (κ3) is 5.51. The lowest BCUT2D eigenvalue weighted by molar-refractivity contribution is -0.120. The Morgan fingerprint density at radius 3 is 2.67 bits per heavy atom. The number of aliphatic hydroxyl groups is 1. The molecule has 30 heavy (non-hydrogen) atoms. The van der Waals surface area contributed by atoms with E-state index < -0.39 is 5.91 Å². The number of anilines is 1. The molecule has 0 fully saturated rings. The van der Waals surface area contributed by atoms with Crippen molar-refractivity contribution in [1.29, 1.82) is 0 Å². The number of benzene rings is 2. The number of ether oxygens (including phenoxy) is 1. The van der Waals surface area contributed by atoms with Crippen LogP contribution in [-0.2, 0) is 9.59 Å². The molecule has 4 N–H and O–H groups in total. The Morgan fingerprint density at radius 2 is 2.00 bits per heavy atom. The molecule has 0 bridgehead atoms. The number of hydrogen-bond donors (Lipinski definition) is 4. The minimum atomic E-state index is -0.422. The molecule has 3 rings (SSSR count). The third-order valence-electron chi connectivity index (χ3n) is 4.32. The van der Waals surface area contributed by atoms with Crippen LogP contribution in [0.4, 0.5) is 11.4 Å². The van der Waals surface area contributed by atoms with Gasteiger partial charge in [-0.15, -0.1) is 0 Å². The molecule has 156 valence electrons. The largest absolute Gasteiger partial charge is 0.510 e. The van der Waals surface area contributed by atoms with Crippen molar-refractivity contribution in [3.8, 4) is 5.75 Å². The van der Waals surface area contributed by atoms with E-state index in [0.717, 1.165) is 0 Å². The Balaban J connectivity index is 1.71. The molecule has 0 aliphatic carbocycles. The Kier molecular flexibility index (Phi) is 6.92. The zero-order valence-electron chi connectivity index (χ0n) is 16.2. The van der Waals surface area contributed by atoms with Crippen molar-refractivity contribution in [2.75, 3.05) is 19.1 Å². The number of halogens is 1. The minimum Gasteiger partial charge on any atom is -0.510 e. The summed E-state index contributed by atoms with van der Waals surface area (Å²) < 4.78 is 5.19. The van der Waals surface area contributed by atoms with Gasteiger partial charge >= 0.3 is 0 Å². The van der Waals surface area contributed by atoms with Gasteiger partial charge in [0.1, 0.15) is 17.1 Å². The molecule has 0 atom stereocenters. The number of hydrogen-bond acceptors (Lipinski definition) is 6. The van der Waals surface area contributed by atoms with Gasteiger partial charge in [0.15, 0.2) is 0 Å². The summed E-state index contributed by atoms with van der Waals surface area (Å²) in [6.45, 7) is 0.0373. The third-order valence-corrected chi connectivity index (χ3v) is 4.57. The van der Waals surface area contributed by atoms with Crippen LogP contribution >= 0.6 is 11.6 Å². The van der Waals surface area contributed by atoms with E-state index in [4.69, 9.17) is 16.3 Å². The molecule has 0 radical (unpaired) electrons. The standard InChI is InChI=1S/C21H21ClN4O4/c1-30-16-4-2-3-15(11-16)24-17(20-18(27)12-23-21(20)29)9-10-19(28)26-25-14-7-5-13(22)6-8-14/h2-8,11,25,27H,9-10,12H2,1H3,(H,23,29)(H,26,28). The van der Waals surface area contributed by atoms with E-state index in [2.05, 4.69) is 21.2 Å². The number of aliphatic imine (C=N–C) groups is 1. The number of rotatable bonds is 8. The highest BCUT2D eigenvalue weighted by Gasteiger charge is 2.27. The number of methoxy groups -OCH3 is 1. The normalized spacial score (nSPS) is 13.8. The predicted octanol–water partition coefficient (Wildman–Crippen LogP) is 3.29. The molecule has 2 aromatic carbocycles. The zero-order valence-corrected chi connectivity index (χ0v) is 17.0. The quantitative estimate of drug-likeness (QED) is 0.381. The van der Waals surface area contributed by atoms with Gasteiger partial charge in [0.25, 0.3) is 5.91 Å². The molecular formula is C21H21ClN4O4. The zero-order chi connectivity index (χ0) is 21.5. The minimum absolute atomic E-state index is 0.0373. The smallest absolute Gasteiger partial charge is 0.257 e. The number of nitrogens with zero attached hydrogens (tertiary/aromatic N) is 1. The van der Waals surface area contributed by atoms with Crippen LogP contribution in [0.15, 0.2) is 64.9 Å². The summed E-state index contributed by atoms with van der Waals surface area (Å²) >= 11 is 5.84. The molecule has 0 aromatic heterocycles. The average molecular weight is 429 g/mol. The van der Waals surface area contributed by atoms with Crippen molar-refractivity contribution in [2.24, 2.45) is 4.99 Å². The number of amides is 2. The van der Waals surface area contributed by atoms with Crippen molar-refractivity contribution in [3.63, 3.8) is 0 Å². The molecule has 8 nitrogen and oxygen atoms in total. The molecule has 0 unspecified atom stereocenters. The van der Waals surface area contributed by atoms with Crippen molar-refractivity contribution in [3.05, 3.63) is 64.9 Å². The number of carbonyl (C=O) groups is 2. The van der Waals surface area contributed by atoms with Gasteiger partial charge in [-0.25, -0.2) is 0 Å². The van der Waals surface area contributed by atoms with E-state index in [-0.39, 0.29) is 36.6 Å². The Bertz CT molecular complexity index is 1000. The molecule has 0 spiro atoms. The van der Waals surface area contributed by atoms with Crippen molar-refractivity contribution >= 4 is 40.5 Å². The van der Waals surface area contributed by atoms with Gasteiger partial charge in [-0.05, 0) is 42.8 Å². The fourth-order valence-electron chi connectivity index (χ4n) is 2.81. The summed E-state index contributed by atoms with van der Waals surface area (Å²) in [6.07, 6.45) is 0.200. The average Bonchev–Trinajstić information content (AvgIpc) is 3.09. The van der Waals surface area contributed by atoms with Crippen LogP contribution in [0.3, 0.4) is 0 Å². The second-order valence-electron chi connectivity index (χ2n) is 6.44. The molecule has 0 saturated heterocycles. The summed E-state index contributed by atoms with van der Waals surface area (Å²) in [5, 5.41) is 13.3. The van der Waals surface area contributed by atoms with Gasteiger partial charge in [0.05, 0.1) is 30.7 Å². The van der Waals surface area contributed by atoms with E-state index in [1.54, 1.807) is 55.6 Å². The van der Waals surface area contributed by atoms with Crippen LogP contribution in [0.2, 0.25) is 5.02 Å².